The smallest absolute Gasteiger partial charge is 0.244 e. The minimum absolute atomic E-state index is 0.146. The molecule has 1 fully saturated rings. The number of carbonyl (C=O) groups excluding carboxylic acids is 2. The second-order valence-electron chi connectivity index (χ2n) is 6.83. The highest BCUT2D eigenvalue weighted by atomic mass is 32.2. The van der Waals surface area contributed by atoms with E-state index in [2.05, 4.69) is 16.9 Å². The van der Waals surface area contributed by atoms with Crippen molar-refractivity contribution < 1.29 is 22.7 Å². The van der Waals surface area contributed by atoms with Crippen LogP contribution in [0.1, 0.15) is 5.56 Å². The van der Waals surface area contributed by atoms with Gasteiger partial charge in [-0.3, -0.25) is 9.59 Å². The summed E-state index contributed by atoms with van der Waals surface area (Å²) in [5.41, 5.74) is 0.626. The van der Waals surface area contributed by atoms with Gasteiger partial charge in [0, 0.05) is 43.1 Å². The number of benzene rings is 1. The summed E-state index contributed by atoms with van der Waals surface area (Å²) >= 11 is 0. The first-order chi connectivity index (χ1) is 14.3. The molecule has 0 aliphatic carbocycles. The second-order valence-corrected chi connectivity index (χ2v) is 8.71. The van der Waals surface area contributed by atoms with Crippen LogP contribution in [0.25, 0.3) is 10.8 Å². The molecule has 1 aliphatic rings. The number of nitrogens with zero attached hydrogens (tertiary/aromatic N) is 3. The second kappa shape index (κ2) is 8.80. The summed E-state index contributed by atoms with van der Waals surface area (Å²) in [7, 11) is -2.30. The number of amides is 2. The highest BCUT2D eigenvalue weighted by Crippen LogP contribution is 2.33. The molecule has 1 aromatic carbocycles. The average Bonchev–Trinajstić information content (AvgIpc) is 2.76. The van der Waals surface area contributed by atoms with Crippen LogP contribution in [-0.4, -0.2) is 74.3 Å². The van der Waals surface area contributed by atoms with Crippen LogP contribution >= 0.6 is 0 Å². The van der Waals surface area contributed by atoms with E-state index < -0.39 is 15.9 Å². The Balaban J connectivity index is 1.81. The number of hydrogen-bond acceptors (Lipinski definition) is 6. The van der Waals surface area contributed by atoms with Gasteiger partial charge < -0.3 is 15.0 Å². The summed E-state index contributed by atoms with van der Waals surface area (Å²) < 4.78 is 33.5. The Bertz CT molecular complexity index is 1090. The molecule has 30 heavy (non-hydrogen) atoms. The van der Waals surface area contributed by atoms with Crippen LogP contribution < -0.4 is 10.1 Å². The van der Waals surface area contributed by atoms with Crippen LogP contribution in [0.15, 0.2) is 41.9 Å². The van der Waals surface area contributed by atoms with Crippen LogP contribution in [0.4, 0.5) is 0 Å². The first-order valence-corrected chi connectivity index (χ1v) is 10.8. The largest absolute Gasteiger partial charge is 0.481 e. The molecule has 0 atom stereocenters. The number of methoxy groups -OCH3 is 1. The van der Waals surface area contributed by atoms with Gasteiger partial charge >= 0.3 is 0 Å². The predicted molar refractivity (Wildman–Crippen MR) is 112 cm³/mol. The topological polar surface area (TPSA) is 109 Å². The number of piperazine rings is 1. The fraction of sp³-hybridized carbons (Fsp3) is 0.350. The fourth-order valence-electron chi connectivity index (χ4n) is 3.47. The van der Waals surface area contributed by atoms with Crippen molar-refractivity contribution in [1.82, 2.24) is 19.5 Å². The maximum absolute atomic E-state index is 13.4. The third kappa shape index (κ3) is 4.14. The SMILES string of the molecule is C=CC(=O)NCC(=O)N1CCN(S(=O)(=O)c2c(C)ccc3c(OC)nccc23)CC1. The lowest BCUT2D eigenvalue weighted by Gasteiger charge is -2.34. The summed E-state index contributed by atoms with van der Waals surface area (Å²) in [5, 5.41) is 3.61. The van der Waals surface area contributed by atoms with E-state index >= 15 is 0 Å². The number of ether oxygens (including phenoxy) is 1. The first kappa shape index (κ1) is 21.7. The number of hydrogen-bond donors (Lipinski definition) is 1. The standard InChI is InChI=1S/C20H24N4O5S/c1-4-17(25)22-13-18(26)23-9-11-24(12-10-23)30(27,28)19-14(2)5-6-16-15(19)7-8-21-20(16)29-3/h4-8H,1,9-13H2,2-3H3,(H,22,25). The summed E-state index contributed by atoms with van der Waals surface area (Å²) in [6.45, 7) is 5.77. The van der Waals surface area contributed by atoms with Crippen LogP contribution in [0.5, 0.6) is 5.88 Å². The fourth-order valence-corrected chi connectivity index (χ4v) is 5.30. The Hall–Kier alpha value is -2.98. The number of aromatic nitrogens is 1. The zero-order chi connectivity index (χ0) is 21.9. The molecular weight excluding hydrogens is 408 g/mol. The van der Waals surface area contributed by atoms with Gasteiger partial charge in [-0.15, -0.1) is 0 Å². The molecule has 9 nitrogen and oxygen atoms in total. The van der Waals surface area contributed by atoms with Crippen LogP contribution in [0.2, 0.25) is 0 Å². The van der Waals surface area contributed by atoms with Gasteiger partial charge in [0.15, 0.2) is 0 Å². The third-order valence-electron chi connectivity index (χ3n) is 5.04. The normalized spacial score (nSPS) is 15.1. The molecular formula is C20H24N4O5S. The molecule has 0 spiro atoms. The van der Waals surface area contributed by atoms with Gasteiger partial charge in [0.05, 0.1) is 18.6 Å². The molecule has 1 aromatic heterocycles. The Kier molecular flexibility index (Phi) is 6.37. The van der Waals surface area contributed by atoms with Gasteiger partial charge in [-0.1, -0.05) is 12.6 Å². The third-order valence-corrected chi connectivity index (χ3v) is 7.14. The molecule has 2 amide bonds. The molecule has 10 heteroatoms. The van der Waals surface area contributed by atoms with E-state index in [1.54, 1.807) is 25.1 Å². The molecule has 1 aliphatic heterocycles. The van der Waals surface area contributed by atoms with Gasteiger partial charge in [-0.25, -0.2) is 13.4 Å². The summed E-state index contributed by atoms with van der Waals surface area (Å²) in [5.74, 6) is -0.332. The van der Waals surface area contributed by atoms with E-state index in [9.17, 15) is 18.0 Å². The zero-order valence-corrected chi connectivity index (χ0v) is 17.7. The maximum atomic E-state index is 13.4. The number of rotatable bonds is 6. The number of sulfonamides is 1. The number of fused-ring (bicyclic) bond motifs is 1. The monoisotopic (exact) mass is 432 g/mol. The van der Waals surface area contributed by atoms with Gasteiger partial charge in [0.1, 0.15) is 0 Å². The molecule has 2 aromatic rings. The van der Waals surface area contributed by atoms with E-state index in [-0.39, 0.29) is 43.5 Å². The molecule has 1 N–H and O–H groups in total. The summed E-state index contributed by atoms with van der Waals surface area (Å²) in [4.78, 5) is 29.4. The van der Waals surface area contributed by atoms with Crippen LogP contribution in [0, 0.1) is 6.92 Å². The number of aryl methyl sites for hydroxylation is 1. The van der Waals surface area contributed by atoms with Crippen molar-refractivity contribution in [2.75, 3.05) is 39.8 Å². The first-order valence-electron chi connectivity index (χ1n) is 9.40. The quantitative estimate of drug-likeness (QED) is 0.673. The Morgan fingerprint density at radius 1 is 1.20 bits per heavy atom. The number of nitrogens with one attached hydrogen (secondary N) is 1. The zero-order valence-electron chi connectivity index (χ0n) is 16.9. The minimum atomic E-state index is -3.79. The van der Waals surface area contributed by atoms with E-state index in [1.807, 2.05) is 0 Å². The summed E-state index contributed by atoms with van der Waals surface area (Å²) in [6, 6.07) is 5.20. The maximum Gasteiger partial charge on any atom is 0.244 e. The molecule has 1 saturated heterocycles. The van der Waals surface area contributed by atoms with Crippen molar-refractivity contribution >= 4 is 32.6 Å². The Morgan fingerprint density at radius 2 is 1.90 bits per heavy atom. The Labute approximate surface area is 175 Å². The van der Waals surface area contributed by atoms with Crippen molar-refractivity contribution in [2.45, 2.75) is 11.8 Å². The molecule has 0 saturated carbocycles. The highest BCUT2D eigenvalue weighted by molar-refractivity contribution is 7.89. The van der Waals surface area contributed by atoms with E-state index in [0.717, 1.165) is 6.08 Å². The lowest BCUT2D eigenvalue weighted by atomic mass is 10.1. The van der Waals surface area contributed by atoms with Gasteiger partial charge in [-0.05, 0) is 30.7 Å². The lowest BCUT2D eigenvalue weighted by molar-refractivity contribution is -0.133. The molecule has 2 heterocycles. The van der Waals surface area contributed by atoms with Gasteiger partial charge in [-0.2, -0.15) is 4.31 Å². The van der Waals surface area contributed by atoms with Crippen molar-refractivity contribution in [1.29, 1.82) is 0 Å². The van der Waals surface area contributed by atoms with Crippen molar-refractivity contribution in [3.63, 3.8) is 0 Å². The molecule has 160 valence electrons. The molecule has 3 rings (SSSR count). The molecule has 0 bridgehead atoms. The van der Waals surface area contributed by atoms with Crippen LogP contribution in [0.3, 0.4) is 0 Å². The lowest BCUT2D eigenvalue weighted by Crippen LogP contribution is -2.52. The van der Waals surface area contributed by atoms with E-state index in [0.29, 0.717) is 22.2 Å². The van der Waals surface area contributed by atoms with Crippen molar-refractivity contribution in [3.8, 4) is 5.88 Å². The molecule has 0 unspecified atom stereocenters. The molecule has 0 radical (unpaired) electrons. The average molecular weight is 433 g/mol. The van der Waals surface area contributed by atoms with E-state index in [1.165, 1.54) is 22.5 Å². The van der Waals surface area contributed by atoms with Gasteiger partial charge in [0.2, 0.25) is 27.7 Å². The van der Waals surface area contributed by atoms with Crippen LogP contribution in [-0.2, 0) is 19.6 Å². The Morgan fingerprint density at radius 3 is 2.53 bits per heavy atom. The summed E-state index contributed by atoms with van der Waals surface area (Å²) in [6.07, 6.45) is 2.61. The highest BCUT2D eigenvalue weighted by Gasteiger charge is 2.32. The number of carbonyl (C=O) groups is 2. The number of pyridine rings is 1. The van der Waals surface area contributed by atoms with E-state index in [4.69, 9.17) is 4.74 Å². The van der Waals surface area contributed by atoms with Crippen molar-refractivity contribution in [2.24, 2.45) is 0 Å². The minimum Gasteiger partial charge on any atom is -0.481 e. The van der Waals surface area contributed by atoms with Crippen molar-refractivity contribution in [3.05, 3.63) is 42.6 Å². The predicted octanol–water partition coefficient (Wildman–Crippen LogP) is 0.687. The van der Waals surface area contributed by atoms with Gasteiger partial charge in [0.25, 0.3) is 0 Å².